The van der Waals surface area contributed by atoms with Gasteiger partial charge in [-0.3, -0.25) is 4.90 Å². The molecule has 3 fully saturated rings. The average Bonchev–Trinajstić information content (AvgIpc) is 3.32. The highest BCUT2D eigenvalue weighted by molar-refractivity contribution is 5.28. The molecule has 2 aliphatic carbocycles. The van der Waals surface area contributed by atoms with Gasteiger partial charge in [0.2, 0.25) is 0 Å². The molecule has 0 radical (unpaired) electrons. The number of ether oxygens (including phenoxy) is 3. The molecule has 4 heteroatoms. The highest BCUT2D eigenvalue weighted by atomic mass is 16.5. The van der Waals surface area contributed by atoms with Gasteiger partial charge < -0.3 is 14.2 Å². The Labute approximate surface area is 138 Å². The molecule has 1 aromatic rings. The molecule has 0 bridgehead atoms. The first-order valence-electron chi connectivity index (χ1n) is 8.93. The zero-order valence-electron chi connectivity index (χ0n) is 13.9. The summed E-state index contributed by atoms with van der Waals surface area (Å²) in [5.74, 6) is 1.76. The maximum Gasteiger partial charge on any atom is 0.119 e. The number of nitrogens with zero attached hydrogens (tertiary/aromatic N) is 1. The molecule has 0 N–H and O–H groups in total. The minimum atomic E-state index is 0.258. The van der Waals surface area contributed by atoms with Crippen molar-refractivity contribution < 1.29 is 14.2 Å². The smallest absolute Gasteiger partial charge is 0.119 e. The number of hydrogen-bond donors (Lipinski definition) is 0. The van der Waals surface area contributed by atoms with Gasteiger partial charge in [-0.15, -0.1) is 0 Å². The van der Waals surface area contributed by atoms with E-state index in [2.05, 4.69) is 23.1 Å². The van der Waals surface area contributed by atoms with Crippen molar-refractivity contribution in [3.05, 3.63) is 29.8 Å². The van der Waals surface area contributed by atoms with Gasteiger partial charge in [-0.1, -0.05) is 12.1 Å². The second kappa shape index (κ2) is 6.80. The fraction of sp³-hybridized carbons (Fsp3) is 0.684. The topological polar surface area (TPSA) is 30.9 Å². The summed E-state index contributed by atoms with van der Waals surface area (Å²) in [6.45, 7) is 3.73. The van der Waals surface area contributed by atoms with Crippen LogP contribution >= 0.6 is 0 Å². The summed E-state index contributed by atoms with van der Waals surface area (Å²) >= 11 is 0. The van der Waals surface area contributed by atoms with E-state index in [1.807, 2.05) is 6.07 Å². The van der Waals surface area contributed by atoms with Crippen molar-refractivity contribution in [1.29, 1.82) is 0 Å². The number of fused-ring (bicyclic) bond motifs is 1. The Morgan fingerprint density at radius 3 is 2.96 bits per heavy atom. The van der Waals surface area contributed by atoms with Crippen molar-refractivity contribution in [1.82, 2.24) is 4.90 Å². The molecule has 1 saturated heterocycles. The molecule has 4 nitrogen and oxygen atoms in total. The molecule has 3 atom stereocenters. The van der Waals surface area contributed by atoms with Crippen LogP contribution in [-0.2, 0) is 16.0 Å². The largest absolute Gasteiger partial charge is 0.497 e. The van der Waals surface area contributed by atoms with Crippen molar-refractivity contribution in [3.8, 4) is 5.75 Å². The predicted octanol–water partition coefficient (Wildman–Crippen LogP) is 2.85. The first-order chi connectivity index (χ1) is 11.3. The van der Waals surface area contributed by atoms with Gasteiger partial charge >= 0.3 is 0 Å². The molecule has 1 heterocycles. The van der Waals surface area contributed by atoms with Crippen LogP contribution in [0.1, 0.15) is 31.2 Å². The van der Waals surface area contributed by atoms with Crippen molar-refractivity contribution in [2.24, 2.45) is 5.92 Å². The Morgan fingerprint density at radius 1 is 1.22 bits per heavy atom. The molecule has 0 spiro atoms. The lowest BCUT2D eigenvalue weighted by molar-refractivity contribution is -0.116. The van der Waals surface area contributed by atoms with E-state index in [0.29, 0.717) is 12.1 Å². The molecule has 2 saturated carbocycles. The Morgan fingerprint density at radius 2 is 2.13 bits per heavy atom. The van der Waals surface area contributed by atoms with E-state index in [-0.39, 0.29) is 6.10 Å². The molecular formula is C19H27NO3. The number of methoxy groups -OCH3 is 1. The highest BCUT2D eigenvalue weighted by Gasteiger charge is 2.43. The van der Waals surface area contributed by atoms with Gasteiger partial charge in [-0.25, -0.2) is 0 Å². The van der Waals surface area contributed by atoms with E-state index in [4.69, 9.17) is 14.2 Å². The molecule has 23 heavy (non-hydrogen) atoms. The maximum atomic E-state index is 6.16. The van der Waals surface area contributed by atoms with Gasteiger partial charge in [0.05, 0.1) is 25.9 Å². The molecule has 0 unspecified atom stereocenters. The Kier molecular flexibility index (Phi) is 4.56. The van der Waals surface area contributed by atoms with E-state index in [9.17, 15) is 0 Å². The van der Waals surface area contributed by atoms with Crippen LogP contribution in [0.15, 0.2) is 24.3 Å². The van der Waals surface area contributed by atoms with Crippen LogP contribution in [0.25, 0.3) is 0 Å². The molecule has 1 aliphatic heterocycles. The highest BCUT2D eigenvalue weighted by Crippen LogP contribution is 2.35. The molecule has 3 aliphatic rings. The molecule has 1 aromatic carbocycles. The Balaban J connectivity index is 1.39. The van der Waals surface area contributed by atoms with Gasteiger partial charge in [-0.05, 0) is 49.3 Å². The van der Waals surface area contributed by atoms with E-state index >= 15 is 0 Å². The predicted molar refractivity (Wildman–Crippen MR) is 88.6 cm³/mol. The first-order valence-corrected chi connectivity index (χ1v) is 8.93. The lowest BCUT2D eigenvalue weighted by Gasteiger charge is -2.39. The summed E-state index contributed by atoms with van der Waals surface area (Å²) in [6.07, 6.45) is 5.58. The van der Waals surface area contributed by atoms with Crippen LogP contribution in [0, 0.1) is 5.92 Å². The SMILES string of the molecule is COc1cccc(CN2CCO[C@H]3[C@H](OCC4CC4)CC[C@@H]32)c1. The summed E-state index contributed by atoms with van der Waals surface area (Å²) in [4.78, 5) is 2.57. The molecule has 126 valence electrons. The zero-order chi connectivity index (χ0) is 15.6. The van der Waals surface area contributed by atoms with E-state index < -0.39 is 0 Å². The van der Waals surface area contributed by atoms with Crippen LogP contribution in [0.2, 0.25) is 0 Å². The number of morpholine rings is 1. The molecule has 0 aromatic heterocycles. The summed E-state index contributed by atoms with van der Waals surface area (Å²) in [6, 6.07) is 8.90. The quantitative estimate of drug-likeness (QED) is 0.807. The minimum Gasteiger partial charge on any atom is -0.497 e. The third-order valence-corrected chi connectivity index (χ3v) is 5.41. The van der Waals surface area contributed by atoms with Crippen molar-refractivity contribution in [3.63, 3.8) is 0 Å². The van der Waals surface area contributed by atoms with Gasteiger partial charge in [0.15, 0.2) is 0 Å². The number of hydrogen-bond acceptors (Lipinski definition) is 4. The number of benzene rings is 1. The third-order valence-electron chi connectivity index (χ3n) is 5.41. The molecule has 4 rings (SSSR count). The van der Waals surface area contributed by atoms with Gasteiger partial charge in [0.25, 0.3) is 0 Å². The molecule has 0 amide bonds. The van der Waals surface area contributed by atoms with E-state index in [0.717, 1.165) is 44.4 Å². The Hall–Kier alpha value is -1.10. The molecular weight excluding hydrogens is 290 g/mol. The van der Waals surface area contributed by atoms with Crippen LogP contribution < -0.4 is 4.74 Å². The van der Waals surface area contributed by atoms with Crippen molar-refractivity contribution in [2.45, 2.75) is 50.5 Å². The standard InChI is InChI=1S/C19H27NO3/c1-21-16-4-2-3-15(11-16)12-20-9-10-22-19-17(20)7-8-18(19)23-13-14-5-6-14/h2-4,11,14,17-19H,5-10,12-13H2,1H3/t17-,18+,19+/m0/s1. The van der Waals surface area contributed by atoms with Crippen LogP contribution in [0.5, 0.6) is 5.75 Å². The van der Waals surface area contributed by atoms with Crippen LogP contribution in [-0.4, -0.2) is 50.0 Å². The minimum absolute atomic E-state index is 0.258. The van der Waals surface area contributed by atoms with Gasteiger partial charge in [0, 0.05) is 25.7 Å². The van der Waals surface area contributed by atoms with Gasteiger partial charge in [0.1, 0.15) is 5.75 Å². The van der Waals surface area contributed by atoms with Crippen LogP contribution in [0.4, 0.5) is 0 Å². The second-order valence-electron chi connectivity index (χ2n) is 7.12. The summed E-state index contributed by atoms with van der Waals surface area (Å²) in [5, 5.41) is 0. The fourth-order valence-corrected chi connectivity index (χ4v) is 3.92. The van der Waals surface area contributed by atoms with E-state index in [1.165, 1.54) is 24.8 Å². The first kappa shape index (κ1) is 15.4. The van der Waals surface area contributed by atoms with Crippen LogP contribution in [0.3, 0.4) is 0 Å². The summed E-state index contributed by atoms with van der Waals surface area (Å²) in [7, 11) is 1.72. The van der Waals surface area contributed by atoms with E-state index in [1.54, 1.807) is 7.11 Å². The number of rotatable bonds is 6. The summed E-state index contributed by atoms with van der Waals surface area (Å²) in [5.41, 5.74) is 1.31. The Bertz CT molecular complexity index is 531. The lowest BCUT2D eigenvalue weighted by atomic mass is 10.1. The maximum absolute atomic E-state index is 6.16. The third kappa shape index (κ3) is 3.54. The normalized spacial score (nSPS) is 31.1. The van der Waals surface area contributed by atoms with Crippen molar-refractivity contribution >= 4 is 0 Å². The summed E-state index contributed by atoms with van der Waals surface area (Å²) < 4.78 is 17.6. The fourth-order valence-electron chi connectivity index (χ4n) is 3.92. The van der Waals surface area contributed by atoms with Crippen molar-refractivity contribution in [2.75, 3.05) is 26.9 Å². The second-order valence-corrected chi connectivity index (χ2v) is 7.12. The average molecular weight is 317 g/mol. The monoisotopic (exact) mass is 317 g/mol. The lowest BCUT2D eigenvalue weighted by Crippen LogP contribution is -2.51. The van der Waals surface area contributed by atoms with Gasteiger partial charge in [-0.2, -0.15) is 0 Å². The zero-order valence-corrected chi connectivity index (χ0v) is 13.9.